The molecule has 0 radical (unpaired) electrons. The molecule has 0 amide bonds. The molecule has 0 saturated heterocycles. The van der Waals surface area contributed by atoms with Crippen molar-refractivity contribution in [3.8, 4) is 44.5 Å². The fourth-order valence-corrected chi connectivity index (χ4v) is 14.8. The van der Waals surface area contributed by atoms with Crippen molar-refractivity contribution in [2.45, 2.75) is 38.0 Å². The third kappa shape index (κ3) is 6.49. The minimum Gasteiger partial charge on any atom is -0.462 e. The average Bonchev–Trinajstić information content (AvgIpc) is 4.06. The molecule has 5 heteroatoms. The number of allylic oxidation sites excluding steroid dienone is 2. The van der Waals surface area contributed by atoms with Gasteiger partial charge in [0.25, 0.3) is 0 Å². The van der Waals surface area contributed by atoms with E-state index in [0.29, 0.717) is 0 Å². The number of hydrogen-bond acceptors (Lipinski definition) is 2. The predicted octanol–water partition coefficient (Wildman–Crippen LogP) is 16.2. The van der Waals surface area contributed by atoms with Crippen LogP contribution in [0.4, 0.5) is 0 Å². The smallest absolute Gasteiger partial charge is 0.130 e. The van der Waals surface area contributed by atoms with Crippen molar-refractivity contribution in [3.63, 3.8) is 0 Å². The summed E-state index contributed by atoms with van der Waals surface area (Å²) in [5.74, 6) is 3.65. The Morgan fingerprint density at radius 1 is 0.424 bits per heavy atom. The van der Waals surface area contributed by atoms with Crippen molar-refractivity contribution in [1.29, 1.82) is 0 Å². The Morgan fingerprint density at radius 3 is 1.22 bits per heavy atom. The highest BCUT2D eigenvalue weighted by Gasteiger charge is 2.50. The third-order valence-corrected chi connectivity index (χ3v) is 17.2. The average molecular weight is 822 g/mol. The molecular weight excluding hydrogens is 780 g/mol. The first-order valence-electron chi connectivity index (χ1n) is 20.2. The number of benzene rings is 6. The van der Waals surface area contributed by atoms with E-state index >= 15 is 0 Å². The molecular formula is C54H42Cl2O2Si. The summed E-state index contributed by atoms with van der Waals surface area (Å²) in [5.41, 5.74) is 16.6. The Kier molecular flexibility index (Phi) is 9.37. The van der Waals surface area contributed by atoms with Crippen LogP contribution in [-0.2, 0) is 0 Å². The molecule has 59 heavy (non-hydrogen) atoms. The molecule has 8 aromatic rings. The van der Waals surface area contributed by atoms with Crippen LogP contribution < -0.4 is 0 Å². The van der Waals surface area contributed by atoms with Gasteiger partial charge in [0.05, 0.1) is 8.07 Å². The summed E-state index contributed by atoms with van der Waals surface area (Å²) in [4.78, 5) is 0. The molecule has 0 bridgehead atoms. The Hall–Kier alpha value is -5.84. The second-order valence-corrected chi connectivity index (χ2v) is 22.1. The normalized spacial score (nSPS) is 15.8. The maximum absolute atomic E-state index is 7.06. The van der Waals surface area contributed by atoms with E-state index in [0.717, 1.165) is 66.5 Å². The Morgan fingerprint density at radius 2 is 0.847 bits per heavy atom. The highest BCUT2D eigenvalue weighted by molar-refractivity contribution is 6.84. The number of aryl methyl sites for hydroxylation is 2. The Labute approximate surface area is 357 Å². The summed E-state index contributed by atoms with van der Waals surface area (Å²) in [6.07, 6.45) is 4.79. The van der Waals surface area contributed by atoms with E-state index in [1.165, 1.54) is 44.5 Å². The topological polar surface area (TPSA) is 26.3 Å². The van der Waals surface area contributed by atoms with E-state index in [2.05, 4.69) is 147 Å². The highest BCUT2D eigenvalue weighted by atomic mass is 35.5. The van der Waals surface area contributed by atoms with Crippen LogP contribution >= 0.6 is 23.2 Å². The second-order valence-electron chi connectivity index (χ2n) is 16.4. The third-order valence-electron chi connectivity index (χ3n) is 12.4. The van der Waals surface area contributed by atoms with Gasteiger partial charge in [-0.2, -0.15) is 0 Å². The van der Waals surface area contributed by atoms with E-state index in [-0.39, 0.29) is 11.1 Å². The van der Waals surface area contributed by atoms with E-state index in [1.807, 2.05) is 50.2 Å². The fourth-order valence-electron chi connectivity index (χ4n) is 9.75. The van der Waals surface area contributed by atoms with E-state index in [1.54, 1.807) is 0 Å². The maximum Gasteiger partial charge on any atom is 0.130 e. The zero-order valence-electron chi connectivity index (χ0n) is 33.4. The van der Waals surface area contributed by atoms with Gasteiger partial charge >= 0.3 is 0 Å². The van der Waals surface area contributed by atoms with Crippen LogP contribution in [0.5, 0.6) is 0 Å². The molecule has 2 nitrogen and oxygen atoms in total. The standard InChI is InChI=1S/C54H42Cl2O2Si/c1-33-21-27-51(57-33)47-31-45-39(37-23-25-41(49(55)29-37)35-13-7-5-8-14-35)17-11-19-43(45)53(47)59(3,4)54-44-20-12-18-40(46(44)32-48(54)52-28-22-34(2)58-52)38-24-26-42(50(56)30-38)36-15-9-6-10-16-36/h5-32,53-54H,1-4H3. The quantitative estimate of drug-likeness (QED) is 0.143. The molecule has 2 aliphatic rings. The van der Waals surface area contributed by atoms with Gasteiger partial charge in [-0.05, 0) is 118 Å². The van der Waals surface area contributed by atoms with E-state index in [9.17, 15) is 0 Å². The van der Waals surface area contributed by atoms with Crippen molar-refractivity contribution in [2.24, 2.45) is 0 Å². The van der Waals surface area contributed by atoms with Gasteiger partial charge in [0.15, 0.2) is 0 Å². The molecule has 288 valence electrons. The number of furan rings is 2. The molecule has 10 rings (SSSR count). The van der Waals surface area contributed by atoms with Crippen molar-refractivity contribution >= 4 is 54.6 Å². The van der Waals surface area contributed by atoms with Crippen LogP contribution in [0.25, 0.3) is 67.8 Å². The lowest BCUT2D eigenvalue weighted by Gasteiger charge is -2.39. The molecule has 6 aromatic carbocycles. The van der Waals surface area contributed by atoms with Crippen LogP contribution in [-0.4, -0.2) is 8.07 Å². The van der Waals surface area contributed by atoms with Gasteiger partial charge in [0, 0.05) is 43.4 Å². The van der Waals surface area contributed by atoms with Crippen LogP contribution in [0.3, 0.4) is 0 Å². The lowest BCUT2D eigenvalue weighted by molar-refractivity contribution is 0.519. The van der Waals surface area contributed by atoms with Gasteiger partial charge in [-0.3, -0.25) is 0 Å². The lowest BCUT2D eigenvalue weighted by Crippen LogP contribution is -2.42. The summed E-state index contributed by atoms with van der Waals surface area (Å²) in [6.45, 7) is 9.16. The van der Waals surface area contributed by atoms with Crippen LogP contribution in [0, 0.1) is 13.8 Å². The summed E-state index contributed by atoms with van der Waals surface area (Å²) in [7, 11) is -2.50. The molecule has 2 atom stereocenters. The minimum atomic E-state index is -2.50. The van der Waals surface area contributed by atoms with Crippen LogP contribution in [0.15, 0.2) is 167 Å². The predicted molar refractivity (Wildman–Crippen MR) is 250 cm³/mol. The van der Waals surface area contributed by atoms with Crippen molar-refractivity contribution in [1.82, 2.24) is 0 Å². The first-order valence-corrected chi connectivity index (χ1v) is 24.1. The van der Waals surface area contributed by atoms with Crippen LogP contribution in [0.2, 0.25) is 23.1 Å². The van der Waals surface area contributed by atoms with Gasteiger partial charge in [0.2, 0.25) is 0 Å². The first kappa shape index (κ1) is 37.4. The number of halogens is 2. The molecule has 0 spiro atoms. The maximum atomic E-state index is 7.06. The number of hydrogen-bond donors (Lipinski definition) is 0. The molecule has 2 unspecified atom stereocenters. The zero-order chi connectivity index (χ0) is 40.4. The van der Waals surface area contributed by atoms with Crippen molar-refractivity contribution < 1.29 is 8.83 Å². The van der Waals surface area contributed by atoms with Crippen molar-refractivity contribution in [2.75, 3.05) is 0 Å². The molecule has 0 N–H and O–H groups in total. The van der Waals surface area contributed by atoms with Crippen LogP contribution in [0.1, 0.15) is 56.4 Å². The minimum absolute atomic E-state index is 0.112. The van der Waals surface area contributed by atoms with Gasteiger partial charge in [0.1, 0.15) is 23.0 Å². The molecule has 0 aliphatic heterocycles. The fraction of sp³-hybridized carbons (Fsp3) is 0.111. The summed E-state index contributed by atoms with van der Waals surface area (Å²) in [5, 5.41) is 1.47. The number of fused-ring (bicyclic) bond motifs is 2. The second kappa shape index (κ2) is 14.8. The summed E-state index contributed by atoms with van der Waals surface area (Å²) in [6, 6.07) is 55.6. The highest BCUT2D eigenvalue weighted by Crippen LogP contribution is 2.58. The van der Waals surface area contributed by atoms with Gasteiger partial charge in [-0.1, -0.05) is 158 Å². The lowest BCUT2D eigenvalue weighted by atomic mass is 9.95. The zero-order valence-corrected chi connectivity index (χ0v) is 35.9. The molecule has 0 saturated carbocycles. The number of rotatable bonds is 8. The first-order chi connectivity index (χ1) is 28.7. The monoisotopic (exact) mass is 820 g/mol. The summed E-state index contributed by atoms with van der Waals surface area (Å²) >= 11 is 14.1. The van der Waals surface area contributed by atoms with E-state index < -0.39 is 8.07 Å². The SMILES string of the molecule is Cc1ccc(C2=Cc3c(-c4ccc(-c5ccccc5)c(Cl)c4)cccc3C2[Si](C)(C)C2C(c3ccc(C)o3)=Cc3c(-c4ccc(-c5ccccc5)c(Cl)c4)cccc32)o1. The molecule has 2 aromatic heterocycles. The molecule has 0 fully saturated rings. The Bertz CT molecular complexity index is 2770. The van der Waals surface area contributed by atoms with Crippen molar-refractivity contribution in [3.05, 3.63) is 213 Å². The summed E-state index contributed by atoms with van der Waals surface area (Å²) < 4.78 is 13.0. The van der Waals surface area contributed by atoms with Gasteiger partial charge in [-0.25, -0.2) is 0 Å². The Balaban J connectivity index is 1.12. The van der Waals surface area contributed by atoms with Gasteiger partial charge < -0.3 is 8.83 Å². The molecule has 2 aliphatic carbocycles. The largest absolute Gasteiger partial charge is 0.462 e. The molecule has 2 heterocycles. The van der Waals surface area contributed by atoms with E-state index in [4.69, 9.17) is 32.0 Å². The van der Waals surface area contributed by atoms with Gasteiger partial charge in [-0.15, -0.1) is 0 Å².